The highest BCUT2D eigenvalue weighted by molar-refractivity contribution is 9.10. The summed E-state index contributed by atoms with van der Waals surface area (Å²) < 4.78 is 27.8. The zero-order chi connectivity index (χ0) is 19.2. The van der Waals surface area contributed by atoms with Gasteiger partial charge < -0.3 is 10.2 Å². The largest absolute Gasteiger partial charge is 0.481 e. The fourth-order valence-electron chi connectivity index (χ4n) is 2.51. The minimum absolute atomic E-state index is 0.154. The Morgan fingerprint density at radius 2 is 1.69 bits per heavy atom. The topological polar surface area (TPSA) is 104 Å². The maximum atomic E-state index is 12.2. The Morgan fingerprint density at radius 1 is 1.08 bits per heavy atom. The third kappa shape index (κ3) is 5.63. The molecule has 0 saturated carbocycles. The Labute approximate surface area is 161 Å². The second-order valence-electron chi connectivity index (χ2n) is 5.75. The monoisotopic (exact) mass is 441 g/mol. The van der Waals surface area contributed by atoms with E-state index in [9.17, 15) is 18.3 Å². The van der Waals surface area contributed by atoms with Crippen molar-refractivity contribution < 1.29 is 23.4 Å². The number of nitrogens with one attached hydrogen (secondary N) is 1. The second-order valence-corrected chi connectivity index (χ2v) is 8.43. The third-order valence-electron chi connectivity index (χ3n) is 3.93. The molecule has 1 atom stereocenters. The van der Waals surface area contributed by atoms with E-state index in [2.05, 4.69) is 20.7 Å². The molecular formula is C18H20BrNO5S. The molecule has 0 aliphatic carbocycles. The van der Waals surface area contributed by atoms with Crippen LogP contribution in [0.5, 0.6) is 0 Å². The van der Waals surface area contributed by atoms with Crippen molar-refractivity contribution in [2.45, 2.75) is 23.7 Å². The summed E-state index contributed by atoms with van der Waals surface area (Å²) in [5.74, 6) is -1.72. The van der Waals surface area contributed by atoms with Crippen molar-refractivity contribution in [3.8, 4) is 0 Å². The van der Waals surface area contributed by atoms with Gasteiger partial charge in [0.1, 0.15) is 0 Å². The summed E-state index contributed by atoms with van der Waals surface area (Å²) in [5, 5.41) is 18.2. The number of carbonyl (C=O) groups is 1. The van der Waals surface area contributed by atoms with Crippen molar-refractivity contribution in [2.24, 2.45) is 0 Å². The third-order valence-corrected chi connectivity index (χ3v) is 5.93. The normalized spacial score (nSPS) is 12.7. The Balaban J connectivity index is 1.95. The van der Waals surface area contributed by atoms with Crippen LogP contribution in [0.25, 0.3) is 0 Å². The molecule has 8 heteroatoms. The Hall–Kier alpha value is -1.74. The van der Waals surface area contributed by atoms with Gasteiger partial charge >= 0.3 is 5.97 Å². The van der Waals surface area contributed by atoms with Gasteiger partial charge in [-0.15, -0.1) is 0 Å². The molecule has 0 heterocycles. The van der Waals surface area contributed by atoms with Crippen molar-refractivity contribution >= 4 is 31.9 Å². The highest BCUT2D eigenvalue weighted by atomic mass is 79.9. The van der Waals surface area contributed by atoms with E-state index < -0.39 is 21.9 Å². The number of halogens is 1. The molecule has 140 valence electrons. The highest BCUT2D eigenvalue weighted by Gasteiger charge is 2.19. The lowest BCUT2D eigenvalue weighted by Gasteiger charge is -2.12. The van der Waals surface area contributed by atoms with Gasteiger partial charge in [-0.05, 0) is 48.2 Å². The first-order valence-corrected chi connectivity index (χ1v) is 10.3. The molecule has 0 aromatic heterocycles. The van der Waals surface area contributed by atoms with Crippen LogP contribution in [0.3, 0.4) is 0 Å². The number of aliphatic hydroxyl groups excluding tert-OH is 1. The lowest BCUT2D eigenvalue weighted by atomic mass is 9.95. The summed E-state index contributed by atoms with van der Waals surface area (Å²) in [4.78, 5) is 11.4. The molecule has 0 bridgehead atoms. The van der Waals surface area contributed by atoms with E-state index in [1.165, 1.54) is 12.1 Å². The number of benzene rings is 2. The van der Waals surface area contributed by atoms with E-state index in [4.69, 9.17) is 5.11 Å². The average Bonchev–Trinajstić information content (AvgIpc) is 2.60. The molecule has 0 spiro atoms. The SMILES string of the molecule is O=C(O)C(CCO)c1ccc(CCNS(=O)(=O)c2ccc(Br)cc2)cc1. The summed E-state index contributed by atoms with van der Waals surface area (Å²) in [7, 11) is -3.56. The molecule has 2 rings (SSSR count). The van der Waals surface area contributed by atoms with Crippen LogP contribution >= 0.6 is 15.9 Å². The lowest BCUT2D eigenvalue weighted by molar-refractivity contribution is -0.139. The molecule has 0 fully saturated rings. The minimum Gasteiger partial charge on any atom is -0.481 e. The molecule has 0 amide bonds. The van der Waals surface area contributed by atoms with Gasteiger partial charge in [0, 0.05) is 17.6 Å². The standard InChI is InChI=1S/C18H20BrNO5S/c19-15-5-7-16(8-6-15)26(24,25)20-11-9-13-1-3-14(4-2-13)17(10-12-21)18(22)23/h1-8,17,20-21H,9-12H2,(H,22,23). The van der Waals surface area contributed by atoms with Crippen molar-refractivity contribution in [1.29, 1.82) is 0 Å². The van der Waals surface area contributed by atoms with Crippen LogP contribution in [0.4, 0.5) is 0 Å². The van der Waals surface area contributed by atoms with Gasteiger partial charge in [-0.25, -0.2) is 13.1 Å². The summed E-state index contributed by atoms with van der Waals surface area (Å²) in [6.07, 6.45) is 0.634. The molecular weight excluding hydrogens is 422 g/mol. The summed E-state index contributed by atoms with van der Waals surface area (Å²) >= 11 is 3.26. The zero-order valence-electron chi connectivity index (χ0n) is 13.9. The van der Waals surface area contributed by atoms with Crippen LogP contribution in [0.2, 0.25) is 0 Å². The predicted octanol–water partition coefficient (Wildman–Crippen LogP) is 2.52. The van der Waals surface area contributed by atoms with Crippen LogP contribution in [-0.4, -0.2) is 37.8 Å². The van der Waals surface area contributed by atoms with E-state index >= 15 is 0 Å². The minimum atomic E-state index is -3.56. The van der Waals surface area contributed by atoms with Crippen LogP contribution in [-0.2, 0) is 21.2 Å². The quantitative estimate of drug-likeness (QED) is 0.554. The number of carboxylic acids is 1. The van der Waals surface area contributed by atoms with Crippen molar-refractivity contribution in [3.63, 3.8) is 0 Å². The molecule has 26 heavy (non-hydrogen) atoms. The van der Waals surface area contributed by atoms with Crippen LogP contribution in [0, 0.1) is 0 Å². The fourth-order valence-corrected chi connectivity index (χ4v) is 3.80. The van der Waals surface area contributed by atoms with E-state index in [-0.39, 0.29) is 24.5 Å². The van der Waals surface area contributed by atoms with E-state index in [1.54, 1.807) is 36.4 Å². The van der Waals surface area contributed by atoms with E-state index in [0.717, 1.165) is 10.0 Å². The maximum absolute atomic E-state index is 12.2. The van der Waals surface area contributed by atoms with E-state index in [0.29, 0.717) is 12.0 Å². The van der Waals surface area contributed by atoms with Crippen molar-refractivity contribution in [3.05, 3.63) is 64.1 Å². The lowest BCUT2D eigenvalue weighted by Crippen LogP contribution is -2.26. The number of rotatable bonds is 9. The average molecular weight is 442 g/mol. The fraction of sp³-hybridized carbons (Fsp3) is 0.278. The number of aliphatic hydroxyl groups is 1. The summed E-state index contributed by atoms with van der Waals surface area (Å²) in [6, 6.07) is 13.3. The van der Waals surface area contributed by atoms with Crippen LogP contribution < -0.4 is 4.72 Å². The molecule has 0 radical (unpaired) electrons. The van der Waals surface area contributed by atoms with Crippen LogP contribution in [0.15, 0.2) is 57.9 Å². The molecule has 2 aromatic rings. The van der Waals surface area contributed by atoms with Gasteiger partial charge in [-0.1, -0.05) is 40.2 Å². The molecule has 1 unspecified atom stereocenters. The number of sulfonamides is 1. The molecule has 0 aliphatic rings. The molecule has 0 aliphatic heterocycles. The van der Waals surface area contributed by atoms with Gasteiger partial charge in [0.15, 0.2) is 0 Å². The Bertz CT molecular complexity index is 835. The van der Waals surface area contributed by atoms with Gasteiger partial charge in [0.25, 0.3) is 0 Å². The maximum Gasteiger partial charge on any atom is 0.311 e. The summed E-state index contributed by atoms with van der Waals surface area (Å²) in [5.41, 5.74) is 1.51. The zero-order valence-corrected chi connectivity index (χ0v) is 16.3. The van der Waals surface area contributed by atoms with Gasteiger partial charge in [-0.2, -0.15) is 0 Å². The van der Waals surface area contributed by atoms with Gasteiger partial charge in [-0.3, -0.25) is 4.79 Å². The number of hydrogen-bond acceptors (Lipinski definition) is 4. The Morgan fingerprint density at radius 3 is 2.23 bits per heavy atom. The number of carboxylic acid groups (broad SMARTS) is 1. The Kier molecular flexibility index (Phi) is 7.33. The highest BCUT2D eigenvalue weighted by Crippen LogP contribution is 2.20. The van der Waals surface area contributed by atoms with Crippen molar-refractivity contribution in [1.82, 2.24) is 4.72 Å². The molecule has 6 nitrogen and oxygen atoms in total. The first-order chi connectivity index (χ1) is 12.3. The smallest absolute Gasteiger partial charge is 0.311 e. The predicted molar refractivity (Wildman–Crippen MR) is 102 cm³/mol. The van der Waals surface area contributed by atoms with Gasteiger partial charge in [0.05, 0.1) is 10.8 Å². The second kappa shape index (κ2) is 9.27. The molecule has 0 saturated heterocycles. The van der Waals surface area contributed by atoms with Crippen LogP contribution in [0.1, 0.15) is 23.5 Å². The summed E-state index contributed by atoms with van der Waals surface area (Å²) in [6.45, 7) is 0.0350. The number of aliphatic carboxylic acids is 1. The van der Waals surface area contributed by atoms with Crippen molar-refractivity contribution in [2.75, 3.05) is 13.2 Å². The molecule has 3 N–H and O–H groups in total. The number of hydrogen-bond donors (Lipinski definition) is 3. The van der Waals surface area contributed by atoms with Gasteiger partial charge in [0.2, 0.25) is 10.0 Å². The van der Waals surface area contributed by atoms with E-state index in [1.807, 2.05) is 0 Å². The first-order valence-electron chi connectivity index (χ1n) is 8.01. The molecule has 2 aromatic carbocycles. The first kappa shape index (κ1) is 20.6.